The molecule has 23 heavy (non-hydrogen) atoms. The lowest BCUT2D eigenvalue weighted by molar-refractivity contribution is -0.120. The van der Waals surface area contributed by atoms with E-state index in [4.69, 9.17) is 4.74 Å². The van der Waals surface area contributed by atoms with Crippen molar-refractivity contribution in [3.05, 3.63) is 47.5 Å². The molecule has 0 bridgehead atoms. The van der Waals surface area contributed by atoms with Crippen molar-refractivity contribution in [1.29, 1.82) is 0 Å². The Morgan fingerprint density at radius 1 is 1.43 bits per heavy atom. The number of rotatable bonds is 5. The van der Waals surface area contributed by atoms with Crippen LogP contribution in [0.4, 0.5) is 4.39 Å². The summed E-state index contributed by atoms with van der Waals surface area (Å²) in [5, 5.41) is 11.8. The fourth-order valence-electron chi connectivity index (χ4n) is 2.23. The van der Waals surface area contributed by atoms with Crippen LogP contribution in [0.15, 0.2) is 30.3 Å². The summed E-state index contributed by atoms with van der Waals surface area (Å²) in [6.45, 7) is 0.671. The van der Waals surface area contributed by atoms with Crippen molar-refractivity contribution in [1.82, 2.24) is 20.8 Å². The van der Waals surface area contributed by atoms with E-state index in [0.29, 0.717) is 24.4 Å². The minimum Gasteiger partial charge on any atom is -0.487 e. The highest BCUT2D eigenvalue weighted by molar-refractivity contribution is 5.96. The Hall–Kier alpha value is -2.90. The van der Waals surface area contributed by atoms with Crippen LogP contribution in [0.25, 0.3) is 0 Å². The van der Waals surface area contributed by atoms with E-state index in [1.807, 2.05) is 0 Å². The highest BCUT2D eigenvalue weighted by Crippen LogP contribution is 2.14. The molecule has 0 spiro atoms. The molecule has 2 aromatic rings. The number of hydrogen-bond donors (Lipinski definition) is 3. The molecule has 3 N–H and O–H groups in total. The van der Waals surface area contributed by atoms with Gasteiger partial charge in [0.15, 0.2) is 0 Å². The monoisotopic (exact) mass is 318 g/mol. The maximum Gasteiger partial charge on any atom is 0.272 e. The van der Waals surface area contributed by atoms with Crippen molar-refractivity contribution in [2.24, 2.45) is 0 Å². The average molecular weight is 318 g/mol. The Morgan fingerprint density at radius 3 is 3.04 bits per heavy atom. The number of amides is 2. The Morgan fingerprint density at radius 2 is 2.30 bits per heavy atom. The summed E-state index contributed by atoms with van der Waals surface area (Å²) in [4.78, 5) is 23.4. The molecule has 0 radical (unpaired) electrons. The summed E-state index contributed by atoms with van der Waals surface area (Å²) in [7, 11) is 0. The summed E-state index contributed by atoms with van der Waals surface area (Å²) < 4.78 is 18.5. The molecular weight excluding hydrogens is 303 g/mol. The molecule has 2 heterocycles. The first kappa shape index (κ1) is 15.0. The maximum absolute atomic E-state index is 13.0. The van der Waals surface area contributed by atoms with Gasteiger partial charge in [0.25, 0.3) is 5.91 Å². The van der Waals surface area contributed by atoms with E-state index < -0.39 is 11.9 Å². The first-order valence-corrected chi connectivity index (χ1v) is 7.13. The van der Waals surface area contributed by atoms with Gasteiger partial charge in [0, 0.05) is 12.6 Å². The van der Waals surface area contributed by atoms with Gasteiger partial charge in [-0.3, -0.25) is 14.7 Å². The molecule has 1 aliphatic heterocycles. The molecule has 7 nitrogen and oxygen atoms in total. The summed E-state index contributed by atoms with van der Waals surface area (Å²) in [5.41, 5.74) is 0.734. The SMILES string of the molecule is O=C(N[C@H]1CCNC1=O)c1cc(COc2cccc(F)c2)[nH]n1. The topological polar surface area (TPSA) is 96.1 Å². The molecule has 1 fully saturated rings. The number of benzene rings is 1. The van der Waals surface area contributed by atoms with Crippen LogP contribution in [0.1, 0.15) is 22.6 Å². The number of H-pyrrole nitrogens is 1. The highest BCUT2D eigenvalue weighted by Gasteiger charge is 2.26. The molecule has 0 unspecified atom stereocenters. The zero-order chi connectivity index (χ0) is 16.2. The van der Waals surface area contributed by atoms with Crippen LogP contribution in [-0.2, 0) is 11.4 Å². The Bertz CT molecular complexity index is 731. The van der Waals surface area contributed by atoms with Crippen LogP contribution in [0.5, 0.6) is 5.75 Å². The zero-order valence-electron chi connectivity index (χ0n) is 12.1. The second kappa shape index (κ2) is 6.47. The predicted molar refractivity (Wildman–Crippen MR) is 78.2 cm³/mol. The zero-order valence-corrected chi connectivity index (χ0v) is 12.1. The number of nitrogens with zero attached hydrogens (tertiary/aromatic N) is 1. The molecule has 1 aliphatic rings. The molecule has 1 atom stereocenters. The number of aromatic amines is 1. The van der Waals surface area contributed by atoms with Gasteiger partial charge in [-0.1, -0.05) is 6.07 Å². The minimum absolute atomic E-state index is 0.119. The van der Waals surface area contributed by atoms with Crippen molar-refractivity contribution in [3.8, 4) is 5.75 Å². The van der Waals surface area contributed by atoms with Crippen molar-refractivity contribution in [2.45, 2.75) is 19.1 Å². The van der Waals surface area contributed by atoms with Gasteiger partial charge in [0.2, 0.25) is 5.91 Å². The average Bonchev–Trinajstić information content (AvgIpc) is 3.15. The molecular formula is C15H15FN4O3. The fraction of sp³-hybridized carbons (Fsp3) is 0.267. The lowest BCUT2D eigenvalue weighted by atomic mass is 10.2. The predicted octanol–water partition coefficient (Wildman–Crippen LogP) is 0.746. The Balaban J connectivity index is 1.57. The number of carbonyl (C=O) groups excluding carboxylic acids is 2. The van der Waals surface area contributed by atoms with Gasteiger partial charge >= 0.3 is 0 Å². The number of nitrogens with one attached hydrogen (secondary N) is 3. The molecule has 8 heteroatoms. The normalized spacial score (nSPS) is 16.9. The van der Waals surface area contributed by atoms with Crippen LogP contribution in [0.2, 0.25) is 0 Å². The third-order valence-corrected chi connectivity index (χ3v) is 3.41. The van der Waals surface area contributed by atoms with Gasteiger partial charge in [-0.15, -0.1) is 0 Å². The van der Waals surface area contributed by atoms with Crippen molar-refractivity contribution >= 4 is 11.8 Å². The number of carbonyl (C=O) groups is 2. The van der Waals surface area contributed by atoms with Crippen LogP contribution in [0.3, 0.4) is 0 Å². The molecule has 3 rings (SSSR count). The van der Waals surface area contributed by atoms with Gasteiger partial charge in [0.1, 0.15) is 29.9 Å². The number of halogens is 1. The lowest BCUT2D eigenvalue weighted by Gasteiger charge is -2.07. The molecule has 0 aliphatic carbocycles. The van der Waals surface area contributed by atoms with Crippen LogP contribution < -0.4 is 15.4 Å². The Kier molecular flexibility index (Phi) is 4.22. The van der Waals surface area contributed by atoms with E-state index in [-0.39, 0.29) is 24.0 Å². The smallest absolute Gasteiger partial charge is 0.272 e. The third-order valence-electron chi connectivity index (χ3n) is 3.41. The molecule has 1 aromatic carbocycles. The van der Waals surface area contributed by atoms with Gasteiger partial charge in [-0.05, 0) is 24.6 Å². The highest BCUT2D eigenvalue weighted by atomic mass is 19.1. The van der Waals surface area contributed by atoms with Gasteiger partial charge in [0.05, 0.1) is 5.69 Å². The van der Waals surface area contributed by atoms with Gasteiger partial charge < -0.3 is 15.4 Å². The van der Waals surface area contributed by atoms with Gasteiger partial charge in [-0.2, -0.15) is 5.10 Å². The second-order valence-corrected chi connectivity index (χ2v) is 5.13. The fourth-order valence-corrected chi connectivity index (χ4v) is 2.23. The van der Waals surface area contributed by atoms with E-state index >= 15 is 0 Å². The third kappa shape index (κ3) is 3.65. The largest absolute Gasteiger partial charge is 0.487 e. The number of aromatic nitrogens is 2. The second-order valence-electron chi connectivity index (χ2n) is 5.13. The van der Waals surface area contributed by atoms with Gasteiger partial charge in [-0.25, -0.2) is 4.39 Å². The van der Waals surface area contributed by atoms with Crippen molar-refractivity contribution in [3.63, 3.8) is 0 Å². The van der Waals surface area contributed by atoms with E-state index in [2.05, 4.69) is 20.8 Å². The molecule has 1 saturated heterocycles. The number of ether oxygens (including phenoxy) is 1. The summed E-state index contributed by atoms with van der Waals surface area (Å²) >= 11 is 0. The molecule has 2 amide bonds. The van der Waals surface area contributed by atoms with Crippen molar-refractivity contribution in [2.75, 3.05) is 6.54 Å². The molecule has 0 saturated carbocycles. The molecule has 120 valence electrons. The quantitative estimate of drug-likeness (QED) is 0.758. The lowest BCUT2D eigenvalue weighted by Crippen LogP contribution is -2.40. The summed E-state index contributed by atoms with van der Waals surface area (Å²) in [6, 6.07) is 6.77. The van der Waals surface area contributed by atoms with E-state index in [1.54, 1.807) is 12.1 Å². The first-order valence-electron chi connectivity index (χ1n) is 7.13. The summed E-state index contributed by atoms with van der Waals surface area (Å²) in [5.74, 6) is -0.626. The van der Waals surface area contributed by atoms with Crippen LogP contribution in [-0.4, -0.2) is 34.6 Å². The van der Waals surface area contributed by atoms with E-state index in [0.717, 1.165) is 0 Å². The Labute approximate surface area is 131 Å². The number of hydrogen-bond acceptors (Lipinski definition) is 4. The van der Waals surface area contributed by atoms with E-state index in [9.17, 15) is 14.0 Å². The standard InChI is InChI=1S/C15H15FN4O3/c16-9-2-1-3-11(6-9)23-8-10-7-13(20-19-10)15(22)18-12-4-5-17-14(12)21/h1-3,6-7,12H,4-5,8H2,(H,17,21)(H,18,22)(H,19,20)/t12-/m0/s1. The maximum atomic E-state index is 13.0. The van der Waals surface area contributed by atoms with Crippen LogP contribution in [0, 0.1) is 5.82 Å². The first-order chi connectivity index (χ1) is 11.1. The minimum atomic E-state index is -0.522. The van der Waals surface area contributed by atoms with Crippen LogP contribution >= 0.6 is 0 Å². The van der Waals surface area contributed by atoms with E-state index in [1.165, 1.54) is 18.2 Å². The summed E-state index contributed by atoms with van der Waals surface area (Å²) in [6.07, 6.45) is 0.560. The molecule has 1 aromatic heterocycles. The van der Waals surface area contributed by atoms with Crippen molar-refractivity contribution < 1.29 is 18.7 Å².